The molecule has 25 heavy (non-hydrogen) atoms. The van der Waals surface area contributed by atoms with Crippen LogP contribution in [0.25, 0.3) is 0 Å². The van der Waals surface area contributed by atoms with Gasteiger partial charge in [-0.2, -0.15) is 13.2 Å². The van der Waals surface area contributed by atoms with Crippen LogP contribution in [0.2, 0.25) is 0 Å². The van der Waals surface area contributed by atoms with E-state index in [1.165, 1.54) is 12.1 Å². The molecule has 1 aromatic carbocycles. The third-order valence-corrected chi connectivity index (χ3v) is 4.10. The maximum Gasteiger partial charge on any atom is 0.416 e. The highest BCUT2D eigenvalue weighted by Gasteiger charge is 2.31. The fourth-order valence-electron chi connectivity index (χ4n) is 2.72. The number of benzene rings is 1. The number of likely N-dealkylation sites (tertiary alicyclic amines) is 1. The van der Waals surface area contributed by atoms with Gasteiger partial charge >= 0.3 is 12.1 Å². The van der Waals surface area contributed by atoms with E-state index in [2.05, 4.69) is 5.32 Å². The molecule has 0 unspecified atom stereocenters. The van der Waals surface area contributed by atoms with Crippen LogP contribution in [0.5, 0.6) is 0 Å². The molecule has 1 aliphatic rings. The minimum atomic E-state index is -4.42. The Morgan fingerprint density at radius 3 is 2.56 bits per heavy atom. The van der Waals surface area contributed by atoms with Crippen molar-refractivity contribution in [3.05, 3.63) is 29.8 Å². The lowest BCUT2D eigenvalue weighted by molar-refractivity contribution is -0.151. The Hall–Kier alpha value is -2.25. The molecule has 0 spiro atoms. The zero-order chi connectivity index (χ0) is 18.4. The van der Waals surface area contributed by atoms with Crippen LogP contribution in [0.4, 0.5) is 18.9 Å². The van der Waals surface area contributed by atoms with Gasteiger partial charge in [0, 0.05) is 18.8 Å². The summed E-state index contributed by atoms with van der Waals surface area (Å²) in [5.41, 5.74) is -0.523. The number of carbonyl (C=O) groups is 2. The summed E-state index contributed by atoms with van der Waals surface area (Å²) in [6.45, 7) is 2.86. The Kier molecular flexibility index (Phi) is 6.27. The first-order valence-corrected chi connectivity index (χ1v) is 8.16. The number of hydrogen-bond acceptors (Lipinski definition) is 4. The monoisotopic (exact) mass is 358 g/mol. The van der Waals surface area contributed by atoms with E-state index in [1.807, 2.05) is 0 Å². The van der Waals surface area contributed by atoms with Gasteiger partial charge in [0.15, 0.2) is 0 Å². The van der Waals surface area contributed by atoms with Crippen molar-refractivity contribution < 1.29 is 27.5 Å². The van der Waals surface area contributed by atoms with E-state index < -0.39 is 11.7 Å². The molecule has 5 nitrogen and oxygen atoms in total. The van der Waals surface area contributed by atoms with Crippen LogP contribution in [0.15, 0.2) is 24.3 Å². The second-order valence-electron chi connectivity index (χ2n) is 5.84. The second-order valence-corrected chi connectivity index (χ2v) is 5.84. The van der Waals surface area contributed by atoms with E-state index >= 15 is 0 Å². The molecule has 138 valence electrons. The highest BCUT2D eigenvalue weighted by Crippen LogP contribution is 2.30. The zero-order valence-corrected chi connectivity index (χ0v) is 13.9. The number of halogens is 3. The molecule has 1 aromatic rings. The molecule has 0 bridgehead atoms. The van der Waals surface area contributed by atoms with E-state index in [0.717, 1.165) is 12.1 Å². The van der Waals surface area contributed by atoms with Crippen molar-refractivity contribution in [3.63, 3.8) is 0 Å². The highest BCUT2D eigenvalue weighted by atomic mass is 19.4. The predicted octanol–water partition coefficient (Wildman–Crippen LogP) is 2.92. The van der Waals surface area contributed by atoms with Gasteiger partial charge in [-0.3, -0.25) is 9.59 Å². The van der Waals surface area contributed by atoms with Gasteiger partial charge in [0.1, 0.15) is 0 Å². The zero-order valence-electron chi connectivity index (χ0n) is 13.9. The van der Waals surface area contributed by atoms with Crippen molar-refractivity contribution in [1.29, 1.82) is 0 Å². The van der Waals surface area contributed by atoms with Crippen LogP contribution in [0, 0.1) is 5.92 Å². The molecule has 1 fully saturated rings. The fraction of sp³-hybridized carbons (Fsp3) is 0.529. The first-order chi connectivity index (χ1) is 11.8. The van der Waals surface area contributed by atoms with E-state index in [9.17, 15) is 22.8 Å². The van der Waals surface area contributed by atoms with E-state index in [-0.39, 0.29) is 30.0 Å². The molecule has 1 aliphatic heterocycles. The fourth-order valence-corrected chi connectivity index (χ4v) is 2.72. The number of ether oxygens (including phenoxy) is 1. The minimum absolute atomic E-state index is 0.0919. The van der Waals surface area contributed by atoms with E-state index in [4.69, 9.17) is 4.74 Å². The topological polar surface area (TPSA) is 58.6 Å². The summed E-state index contributed by atoms with van der Waals surface area (Å²) in [4.78, 5) is 25.5. The number of rotatable bonds is 5. The predicted molar refractivity (Wildman–Crippen MR) is 85.9 cm³/mol. The third kappa shape index (κ3) is 5.37. The minimum Gasteiger partial charge on any atom is -0.466 e. The molecule has 1 N–H and O–H groups in total. The van der Waals surface area contributed by atoms with Crippen LogP contribution in [-0.2, 0) is 20.5 Å². The van der Waals surface area contributed by atoms with Gasteiger partial charge in [-0.1, -0.05) is 6.07 Å². The molecule has 2 rings (SSSR count). The summed E-state index contributed by atoms with van der Waals surface area (Å²) in [5, 5.41) is 2.73. The maximum absolute atomic E-state index is 12.7. The lowest BCUT2D eigenvalue weighted by Crippen LogP contribution is -2.43. The number of carbonyl (C=O) groups excluding carboxylic acids is 2. The van der Waals surface area contributed by atoms with Crippen LogP contribution >= 0.6 is 0 Å². The van der Waals surface area contributed by atoms with Crippen LogP contribution in [0.3, 0.4) is 0 Å². The van der Waals surface area contributed by atoms with E-state index in [0.29, 0.717) is 32.5 Å². The van der Waals surface area contributed by atoms with Gasteiger partial charge in [-0.25, -0.2) is 0 Å². The Morgan fingerprint density at radius 2 is 1.96 bits per heavy atom. The quantitative estimate of drug-likeness (QED) is 0.823. The SMILES string of the molecule is CCOC(=O)C1CCN(C(=O)CNc2cccc(C(F)(F)F)c2)CC1. The van der Waals surface area contributed by atoms with Crippen molar-refractivity contribution in [2.24, 2.45) is 5.92 Å². The summed E-state index contributed by atoms with van der Waals surface area (Å²) in [6.07, 6.45) is -3.35. The van der Waals surface area contributed by atoms with Gasteiger partial charge in [-0.05, 0) is 38.0 Å². The van der Waals surface area contributed by atoms with Gasteiger partial charge in [0.25, 0.3) is 0 Å². The average Bonchev–Trinajstić information content (AvgIpc) is 2.59. The number of nitrogens with one attached hydrogen (secondary N) is 1. The first kappa shape index (κ1) is 19.1. The molecule has 8 heteroatoms. The van der Waals surface area contributed by atoms with Crippen molar-refractivity contribution >= 4 is 17.6 Å². The molecule has 0 aromatic heterocycles. The molecular weight excluding hydrogens is 337 g/mol. The molecule has 0 atom stereocenters. The number of anilines is 1. The molecule has 1 heterocycles. The standard InChI is InChI=1S/C17H21F3N2O3/c1-2-25-16(24)12-6-8-22(9-7-12)15(23)11-21-14-5-3-4-13(10-14)17(18,19)20/h3-5,10,12,21H,2,6-9,11H2,1H3. The summed E-state index contributed by atoms with van der Waals surface area (Å²) < 4.78 is 43.0. The molecule has 0 aliphatic carbocycles. The summed E-state index contributed by atoms with van der Waals surface area (Å²) in [7, 11) is 0. The third-order valence-electron chi connectivity index (χ3n) is 4.10. The van der Waals surface area contributed by atoms with Gasteiger partial charge < -0.3 is 15.0 Å². The highest BCUT2D eigenvalue weighted by molar-refractivity contribution is 5.81. The normalized spacial score (nSPS) is 15.8. The lowest BCUT2D eigenvalue weighted by atomic mass is 9.97. The number of nitrogens with zero attached hydrogens (tertiary/aromatic N) is 1. The van der Waals surface area contributed by atoms with E-state index in [1.54, 1.807) is 11.8 Å². The average molecular weight is 358 g/mol. The summed E-state index contributed by atoms with van der Waals surface area (Å²) in [6, 6.07) is 4.73. The maximum atomic E-state index is 12.7. The van der Waals surface area contributed by atoms with Crippen LogP contribution in [0.1, 0.15) is 25.3 Å². The number of alkyl halides is 3. The number of piperidine rings is 1. The number of amides is 1. The molecule has 1 saturated heterocycles. The van der Waals surface area contributed by atoms with Gasteiger partial charge in [0.05, 0.1) is 24.6 Å². The van der Waals surface area contributed by atoms with Crippen molar-refractivity contribution in [2.75, 3.05) is 31.6 Å². The number of hydrogen-bond donors (Lipinski definition) is 1. The van der Waals surface area contributed by atoms with Crippen molar-refractivity contribution in [1.82, 2.24) is 4.90 Å². The molecular formula is C17H21F3N2O3. The Balaban J connectivity index is 1.83. The molecule has 0 saturated carbocycles. The largest absolute Gasteiger partial charge is 0.466 e. The van der Waals surface area contributed by atoms with Gasteiger partial charge in [-0.15, -0.1) is 0 Å². The van der Waals surface area contributed by atoms with Crippen LogP contribution in [-0.4, -0.2) is 43.0 Å². The molecule has 0 radical (unpaired) electrons. The van der Waals surface area contributed by atoms with Crippen molar-refractivity contribution in [3.8, 4) is 0 Å². The van der Waals surface area contributed by atoms with Gasteiger partial charge in [0.2, 0.25) is 5.91 Å². The Morgan fingerprint density at radius 1 is 1.28 bits per heavy atom. The summed E-state index contributed by atoms with van der Waals surface area (Å²) in [5.74, 6) is -0.642. The molecule has 1 amide bonds. The second kappa shape index (κ2) is 8.22. The summed E-state index contributed by atoms with van der Waals surface area (Å²) >= 11 is 0. The first-order valence-electron chi connectivity index (χ1n) is 8.16. The van der Waals surface area contributed by atoms with Crippen LogP contribution < -0.4 is 5.32 Å². The Bertz CT molecular complexity index is 611. The lowest BCUT2D eigenvalue weighted by Gasteiger charge is -2.31. The number of esters is 1. The Labute approximate surface area is 144 Å². The smallest absolute Gasteiger partial charge is 0.416 e. The van der Waals surface area contributed by atoms with Crippen molar-refractivity contribution in [2.45, 2.75) is 25.9 Å².